The minimum Gasteiger partial charge on any atom is -0.478 e. The summed E-state index contributed by atoms with van der Waals surface area (Å²) in [6, 6.07) is 4.51. The lowest BCUT2D eigenvalue weighted by molar-refractivity contribution is 0.0647. The molecule has 2 N–H and O–H groups in total. The maximum absolute atomic E-state index is 11.0. The van der Waals surface area contributed by atoms with Gasteiger partial charge < -0.3 is 10.2 Å². The van der Waals surface area contributed by atoms with Gasteiger partial charge in [0.25, 0.3) is 0 Å². The van der Waals surface area contributed by atoms with Crippen molar-refractivity contribution in [1.82, 2.24) is 4.98 Å². The second-order valence-corrected chi connectivity index (χ2v) is 4.15. The number of fused-ring (bicyclic) bond motifs is 1. The van der Waals surface area contributed by atoms with Gasteiger partial charge in [0.2, 0.25) is 0 Å². The van der Waals surface area contributed by atoms with Crippen LogP contribution in [-0.2, 0) is 0 Å². The van der Waals surface area contributed by atoms with Gasteiger partial charge in [-0.2, -0.15) is 0 Å². The monoisotopic (exact) mass is 265 g/mol. The van der Waals surface area contributed by atoms with E-state index in [-0.39, 0.29) is 5.56 Å². The lowest BCUT2D eigenvalue weighted by atomic mass is 10.1. The van der Waals surface area contributed by atoms with Crippen LogP contribution in [0, 0.1) is 6.92 Å². The average Bonchev–Trinajstić information content (AvgIpc) is 2.32. The number of rotatable bonds is 2. The second-order valence-electron chi connectivity index (χ2n) is 3.74. The third-order valence-corrected chi connectivity index (χ3v) is 3.02. The number of carboxylic acids is 2. The highest BCUT2D eigenvalue weighted by molar-refractivity contribution is 6.32. The molecule has 0 fully saturated rings. The Kier molecular flexibility index (Phi) is 2.92. The van der Waals surface area contributed by atoms with Gasteiger partial charge >= 0.3 is 11.9 Å². The van der Waals surface area contributed by atoms with Crippen LogP contribution in [-0.4, -0.2) is 27.1 Å². The van der Waals surface area contributed by atoms with E-state index in [9.17, 15) is 9.59 Å². The molecule has 0 spiro atoms. The Morgan fingerprint density at radius 1 is 1.22 bits per heavy atom. The molecule has 18 heavy (non-hydrogen) atoms. The largest absolute Gasteiger partial charge is 0.478 e. The number of pyridine rings is 1. The number of aromatic carboxylic acids is 2. The summed E-state index contributed by atoms with van der Waals surface area (Å²) in [6.45, 7) is 1.70. The summed E-state index contributed by atoms with van der Waals surface area (Å²) < 4.78 is 0. The molecular formula is C12H8ClNO4. The Labute approximate surface area is 107 Å². The van der Waals surface area contributed by atoms with Gasteiger partial charge in [-0.15, -0.1) is 0 Å². The van der Waals surface area contributed by atoms with Crippen LogP contribution in [0.2, 0.25) is 5.02 Å². The lowest BCUT2D eigenvalue weighted by Gasteiger charge is -2.07. The number of nitrogens with zero attached hydrogens (tertiary/aromatic N) is 1. The Morgan fingerprint density at radius 3 is 2.44 bits per heavy atom. The van der Waals surface area contributed by atoms with E-state index in [0.29, 0.717) is 21.5 Å². The number of benzene rings is 1. The summed E-state index contributed by atoms with van der Waals surface area (Å²) in [5.41, 5.74) is 0.190. The first kappa shape index (κ1) is 12.3. The Balaban J connectivity index is 2.89. The van der Waals surface area contributed by atoms with E-state index in [4.69, 9.17) is 21.8 Å². The molecule has 1 aromatic heterocycles. The summed E-state index contributed by atoms with van der Waals surface area (Å²) in [5, 5.41) is 18.9. The van der Waals surface area contributed by atoms with E-state index < -0.39 is 17.6 Å². The molecule has 1 heterocycles. The van der Waals surface area contributed by atoms with Crippen LogP contribution in [0.25, 0.3) is 10.9 Å². The van der Waals surface area contributed by atoms with E-state index in [2.05, 4.69) is 4.98 Å². The summed E-state index contributed by atoms with van der Waals surface area (Å²) in [4.78, 5) is 25.9. The Hall–Kier alpha value is -2.14. The molecule has 6 heteroatoms. The molecule has 0 atom stereocenters. The molecule has 0 aliphatic carbocycles. The molecule has 0 saturated carbocycles. The van der Waals surface area contributed by atoms with Crippen molar-refractivity contribution >= 4 is 34.4 Å². The van der Waals surface area contributed by atoms with E-state index in [1.54, 1.807) is 19.1 Å². The van der Waals surface area contributed by atoms with Gasteiger partial charge in [-0.3, -0.25) is 0 Å². The number of aryl methyl sites for hydroxylation is 1. The van der Waals surface area contributed by atoms with Crippen LogP contribution in [0.15, 0.2) is 18.2 Å². The van der Waals surface area contributed by atoms with Crippen molar-refractivity contribution in [2.24, 2.45) is 0 Å². The van der Waals surface area contributed by atoms with Gasteiger partial charge in [-0.1, -0.05) is 17.7 Å². The maximum atomic E-state index is 11.0. The predicted octanol–water partition coefficient (Wildman–Crippen LogP) is 2.59. The molecule has 0 saturated heterocycles. The van der Waals surface area contributed by atoms with E-state index >= 15 is 0 Å². The minimum atomic E-state index is -1.38. The van der Waals surface area contributed by atoms with E-state index in [1.807, 2.05) is 0 Å². The first-order valence-electron chi connectivity index (χ1n) is 4.98. The standard InChI is InChI=1S/C12H8ClNO4/c1-5-8(13)3-2-6-4-7(11(15)16)10(12(17)18)14-9(5)6/h2-4H,1H3,(H,15,16)(H,17,18). The van der Waals surface area contributed by atoms with Crippen LogP contribution >= 0.6 is 11.6 Å². The van der Waals surface area contributed by atoms with Crippen molar-refractivity contribution in [3.8, 4) is 0 Å². The zero-order chi connectivity index (χ0) is 13.4. The fourth-order valence-electron chi connectivity index (χ4n) is 1.68. The maximum Gasteiger partial charge on any atom is 0.355 e. The first-order chi connectivity index (χ1) is 8.41. The third kappa shape index (κ3) is 1.89. The van der Waals surface area contributed by atoms with Crippen molar-refractivity contribution < 1.29 is 19.8 Å². The van der Waals surface area contributed by atoms with Crippen LogP contribution < -0.4 is 0 Å². The third-order valence-electron chi connectivity index (χ3n) is 2.61. The van der Waals surface area contributed by atoms with Gasteiger partial charge in [-0.05, 0) is 24.6 Å². The van der Waals surface area contributed by atoms with Gasteiger partial charge in [0.1, 0.15) is 0 Å². The molecule has 2 rings (SSSR count). The molecule has 5 nitrogen and oxygen atoms in total. The highest BCUT2D eigenvalue weighted by Crippen LogP contribution is 2.25. The van der Waals surface area contributed by atoms with Gasteiger partial charge in [0.05, 0.1) is 11.1 Å². The summed E-state index contributed by atoms with van der Waals surface area (Å²) >= 11 is 5.92. The van der Waals surface area contributed by atoms with Crippen molar-refractivity contribution in [2.45, 2.75) is 6.92 Å². The minimum absolute atomic E-state index is 0.336. The molecule has 0 radical (unpaired) electrons. The second kappa shape index (κ2) is 4.27. The molecule has 0 unspecified atom stereocenters. The first-order valence-corrected chi connectivity index (χ1v) is 5.36. The fraction of sp³-hybridized carbons (Fsp3) is 0.0833. The number of aromatic nitrogens is 1. The lowest BCUT2D eigenvalue weighted by Crippen LogP contribution is -2.11. The van der Waals surface area contributed by atoms with Crippen molar-refractivity contribution in [2.75, 3.05) is 0 Å². The predicted molar refractivity (Wildman–Crippen MR) is 65.4 cm³/mol. The SMILES string of the molecule is Cc1c(Cl)ccc2cc(C(=O)O)c(C(=O)O)nc12. The number of carboxylic acid groups (broad SMARTS) is 2. The van der Waals surface area contributed by atoms with E-state index in [1.165, 1.54) is 6.07 Å². The Bertz CT molecular complexity index is 681. The van der Waals surface area contributed by atoms with Crippen molar-refractivity contribution in [1.29, 1.82) is 0 Å². The van der Waals surface area contributed by atoms with Crippen molar-refractivity contribution in [3.63, 3.8) is 0 Å². The van der Waals surface area contributed by atoms with Gasteiger partial charge in [-0.25, -0.2) is 14.6 Å². The van der Waals surface area contributed by atoms with Crippen LogP contribution in [0.3, 0.4) is 0 Å². The normalized spacial score (nSPS) is 10.6. The molecule has 0 aliphatic rings. The average molecular weight is 266 g/mol. The summed E-state index contributed by atoms with van der Waals surface area (Å²) in [7, 11) is 0. The smallest absolute Gasteiger partial charge is 0.355 e. The molecule has 0 aliphatic heterocycles. The highest BCUT2D eigenvalue weighted by Gasteiger charge is 2.19. The summed E-state index contributed by atoms with van der Waals surface area (Å²) in [6.07, 6.45) is 0. The molecule has 1 aromatic carbocycles. The molecule has 0 bridgehead atoms. The van der Waals surface area contributed by atoms with Gasteiger partial charge in [0, 0.05) is 10.4 Å². The molecule has 92 valence electrons. The van der Waals surface area contributed by atoms with Gasteiger partial charge in [0.15, 0.2) is 5.69 Å². The van der Waals surface area contributed by atoms with E-state index in [0.717, 1.165) is 0 Å². The molecule has 2 aromatic rings. The number of hydrogen-bond donors (Lipinski definition) is 2. The van der Waals surface area contributed by atoms with Crippen LogP contribution in [0.5, 0.6) is 0 Å². The molecule has 0 amide bonds. The van der Waals surface area contributed by atoms with Crippen molar-refractivity contribution in [3.05, 3.63) is 40.0 Å². The van der Waals surface area contributed by atoms with Crippen LogP contribution in [0.1, 0.15) is 26.4 Å². The zero-order valence-electron chi connectivity index (χ0n) is 9.27. The quantitative estimate of drug-likeness (QED) is 0.871. The number of halogens is 1. The zero-order valence-corrected chi connectivity index (χ0v) is 10.0. The Morgan fingerprint density at radius 2 is 1.89 bits per heavy atom. The topological polar surface area (TPSA) is 87.5 Å². The summed E-state index contributed by atoms with van der Waals surface area (Å²) in [5.74, 6) is -2.71. The van der Waals surface area contributed by atoms with Crippen LogP contribution in [0.4, 0.5) is 0 Å². The molecular weight excluding hydrogens is 258 g/mol. The fourth-order valence-corrected chi connectivity index (χ4v) is 1.84. The number of hydrogen-bond acceptors (Lipinski definition) is 3. The number of carbonyl (C=O) groups is 2. The highest BCUT2D eigenvalue weighted by atomic mass is 35.5.